The summed E-state index contributed by atoms with van der Waals surface area (Å²) in [6, 6.07) is 0. The highest BCUT2D eigenvalue weighted by Crippen LogP contribution is 2.31. The molecule has 0 saturated carbocycles. The fourth-order valence-electron chi connectivity index (χ4n) is 7.84. The van der Waals surface area contributed by atoms with E-state index in [0.717, 1.165) is 259 Å². The minimum atomic E-state index is 0.256. The summed E-state index contributed by atoms with van der Waals surface area (Å²) < 4.78 is 0. The smallest absolute Gasteiger partial charge is 0.0521 e. The lowest BCUT2D eigenvalue weighted by Gasteiger charge is -2.19. The fourth-order valence-corrected chi connectivity index (χ4v) is 41.6. The van der Waals surface area contributed by atoms with Gasteiger partial charge in [0.25, 0.3) is 0 Å². The van der Waals surface area contributed by atoms with Gasteiger partial charge in [0.1, 0.15) is 0 Å². The molecule has 0 amide bonds. The quantitative estimate of drug-likeness (QED) is 0.0202. The third-order valence-corrected chi connectivity index (χ3v) is 52.8. The predicted octanol–water partition coefficient (Wildman–Crippen LogP) is 16.2. The second-order valence-corrected chi connectivity index (χ2v) is 58.2. The highest BCUT2D eigenvalue weighted by Gasteiger charge is 2.19. The number of hydrogen-bond acceptors (Lipinski definition) is 45. The molecule has 10 nitrogen and oxygen atoms in total. The first-order valence-electron chi connectivity index (χ1n) is 38.4. The molecule has 45 heteroatoms. The van der Waals surface area contributed by atoms with Crippen molar-refractivity contribution in [1.29, 1.82) is 0 Å². The van der Waals surface area contributed by atoms with E-state index < -0.39 is 0 Å². The van der Waals surface area contributed by atoms with Gasteiger partial charge in [0.15, 0.2) is 0 Å². The van der Waals surface area contributed by atoms with Crippen molar-refractivity contribution in [3.63, 3.8) is 0 Å². The predicted molar refractivity (Wildman–Crippen MR) is 632 cm³/mol. The first kappa shape index (κ1) is 135. The second kappa shape index (κ2) is 122. The maximum atomic E-state index is 9.00. The lowest BCUT2D eigenvalue weighted by atomic mass is 10.5. The average molecular weight is 2270 g/mol. The van der Waals surface area contributed by atoms with Crippen molar-refractivity contribution in [2.45, 2.75) is 52.5 Å². The van der Waals surface area contributed by atoms with Crippen LogP contribution >= 0.6 is 420 Å². The zero-order valence-electron chi connectivity index (χ0n) is 67.4. The van der Waals surface area contributed by atoms with Gasteiger partial charge in [-0.05, 0) is 28.8 Å². The molecule has 115 heavy (non-hydrogen) atoms. The number of rotatable bonds is 90. The minimum Gasteiger partial charge on any atom is -0.396 e. The summed E-state index contributed by atoms with van der Waals surface area (Å²) in [5.41, 5.74) is 0. The molecule has 10 N–H and O–H groups in total. The highest BCUT2D eigenvalue weighted by atomic mass is 32.2. The Bertz CT molecular complexity index is 1680. The molecule has 0 aliphatic carbocycles. The Labute approximate surface area is 865 Å². The van der Waals surface area contributed by atoms with Crippen LogP contribution in [0.3, 0.4) is 0 Å². The van der Waals surface area contributed by atoms with E-state index in [-0.39, 0.29) is 66.1 Å². The molecule has 0 spiro atoms. The van der Waals surface area contributed by atoms with Gasteiger partial charge in [-0.25, -0.2) is 0 Å². The Morgan fingerprint density at radius 1 is 0.130 bits per heavy atom. The monoisotopic (exact) mass is 2270 g/mol. The zero-order valence-corrected chi connectivity index (χ0v) is 96.7. The van der Waals surface area contributed by atoms with Crippen molar-refractivity contribution in [3.8, 4) is 0 Å². The molecule has 0 radical (unpaired) electrons. The standard InChI is InChI=1S/C16H34O3S7.3C14H30O2S7.C12H26OS7/c17-1-5-21-9-10-26-16(12-23-7-3-19)14-24-13-15(25-8-4-20)11-22-6-2-18;15-1-5-19-9-13(22-7-3-17)11-21-12-14(23-8-4-18)10-20-6-2-16;15-1-4-19-7-8-23-13(9-18)10-21-12-14(22-6-3-17)11-20-5-2-16;15-1-3-19-5-7-22-13(9-17)11-21-12-14(10-18)23-8-6-20-4-2-16;13-1-3-17-5-6-20-12(8-16)10-18-9-11(7-15)19-4-2-14/h15-20H,1-14H2;3*13-18H,1-12H2;11-16H,1-10H2. The average Bonchev–Trinajstić information content (AvgIpc) is 1.06. The molecule has 0 aromatic carbocycles. The summed E-state index contributed by atoms with van der Waals surface area (Å²) in [6.07, 6.45) is 0. The van der Waals surface area contributed by atoms with Crippen molar-refractivity contribution >= 4 is 420 Å². The van der Waals surface area contributed by atoms with Gasteiger partial charge in [-0.15, -0.1) is 0 Å². The fraction of sp³-hybridized carbons (Fsp3) is 1.00. The van der Waals surface area contributed by atoms with E-state index in [0.29, 0.717) is 52.5 Å². The molecule has 0 fully saturated rings. The second-order valence-electron chi connectivity index (χ2n) is 22.8. The first-order chi connectivity index (χ1) is 56.4. The lowest BCUT2D eigenvalue weighted by Crippen LogP contribution is -2.17. The SMILES string of the molecule is OCCSCC(CSCC(CSCCO)SCCS)SCCS.OCCSCCSC(CS)CSCC(CS)SCCS.OCCSCCSC(CS)CSCC(CS)SCCSCCO.OCCSCCSC(CS)CSCC(CSCCO)SCCS.OCCSCCSC(CSCCO)CSCC(CSCCO)SCCS. The Morgan fingerprint density at radius 3 is 0.400 bits per heavy atom. The maximum absolute atomic E-state index is 9.00. The van der Waals surface area contributed by atoms with Crippen molar-refractivity contribution in [1.82, 2.24) is 0 Å². The van der Waals surface area contributed by atoms with E-state index in [4.69, 9.17) is 51.1 Å². The van der Waals surface area contributed by atoms with Crippen molar-refractivity contribution in [3.05, 3.63) is 0 Å². The number of aliphatic hydroxyl groups is 10. The van der Waals surface area contributed by atoms with E-state index >= 15 is 0 Å². The summed E-state index contributed by atoms with van der Waals surface area (Å²) in [5.74, 6) is 51.5. The molecule has 0 aliphatic heterocycles. The molecular formula is C70H150O10S35. The molecule has 0 aliphatic rings. The number of hydrogen-bond donors (Lipinski definition) is 20. The van der Waals surface area contributed by atoms with Crippen LogP contribution in [-0.4, -0.2) is 457 Å². The summed E-state index contributed by atoms with van der Waals surface area (Å²) in [6.45, 7) is 2.72. The Hall–Kier alpha value is 11.8. The first-order valence-corrected chi connectivity index (χ1v) is 72.5. The van der Waals surface area contributed by atoms with Crippen LogP contribution in [0.4, 0.5) is 0 Å². The summed E-state index contributed by atoms with van der Waals surface area (Å²) in [4.78, 5) is 0. The van der Waals surface area contributed by atoms with Gasteiger partial charge < -0.3 is 51.1 Å². The van der Waals surface area contributed by atoms with Gasteiger partial charge in [-0.1, -0.05) is 0 Å². The third kappa shape index (κ3) is 111. The minimum absolute atomic E-state index is 0.256. The van der Waals surface area contributed by atoms with Gasteiger partial charge in [0.2, 0.25) is 0 Å². The van der Waals surface area contributed by atoms with Gasteiger partial charge in [0.05, 0.1) is 66.1 Å². The van der Waals surface area contributed by atoms with Crippen LogP contribution in [0.15, 0.2) is 0 Å². The molecule has 700 valence electrons. The Morgan fingerprint density at radius 2 is 0.252 bits per heavy atom. The van der Waals surface area contributed by atoms with Gasteiger partial charge >= 0.3 is 0 Å². The molecular weight excluding hydrogens is 2120 g/mol. The van der Waals surface area contributed by atoms with Gasteiger partial charge in [-0.2, -0.15) is 420 Å². The summed E-state index contributed by atoms with van der Waals surface area (Å²) >= 11 is 92.3. The van der Waals surface area contributed by atoms with Crippen LogP contribution < -0.4 is 0 Å². The van der Waals surface area contributed by atoms with E-state index in [2.05, 4.69) is 126 Å². The molecule has 0 saturated heterocycles. The zero-order chi connectivity index (χ0) is 85.9. The van der Waals surface area contributed by atoms with Gasteiger partial charge in [0, 0.05) is 311 Å². The van der Waals surface area contributed by atoms with Crippen LogP contribution in [0.1, 0.15) is 0 Å². The molecule has 0 rings (SSSR count). The van der Waals surface area contributed by atoms with Gasteiger partial charge in [-0.3, -0.25) is 0 Å². The number of thiol groups is 10. The lowest BCUT2D eigenvalue weighted by molar-refractivity contribution is 0.322. The van der Waals surface area contributed by atoms with Crippen molar-refractivity contribution in [2.75, 3.05) is 354 Å². The molecule has 0 aromatic rings. The maximum Gasteiger partial charge on any atom is 0.0521 e. The highest BCUT2D eigenvalue weighted by molar-refractivity contribution is 8.11. The van der Waals surface area contributed by atoms with Crippen LogP contribution in [0.5, 0.6) is 0 Å². The van der Waals surface area contributed by atoms with E-state index in [1.807, 2.05) is 294 Å². The number of thioether (sulfide) groups is 25. The van der Waals surface area contributed by atoms with E-state index in [1.54, 1.807) is 0 Å². The molecule has 0 aromatic heterocycles. The van der Waals surface area contributed by atoms with E-state index in [9.17, 15) is 0 Å². The number of aliphatic hydroxyl groups excluding tert-OH is 10. The van der Waals surface area contributed by atoms with Crippen LogP contribution in [-0.2, 0) is 0 Å². The van der Waals surface area contributed by atoms with Crippen molar-refractivity contribution < 1.29 is 51.1 Å². The van der Waals surface area contributed by atoms with Crippen molar-refractivity contribution in [2.24, 2.45) is 0 Å². The van der Waals surface area contributed by atoms with Crippen LogP contribution in [0.25, 0.3) is 0 Å². The van der Waals surface area contributed by atoms with Crippen LogP contribution in [0.2, 0.25) is 0 Å². The summed E-state index contributed by atoms with van der Waals surface area (Å²) in [7, 11) is 0. The largest absolute Gasteiger partial charge is 0.396 e. The Kier molecular flexibility index (Phi) is 143. The summed E-state index contributed by atoms with van der Waals surface area (Å²) in [5, 5.41) is 94.8. The molecule has 0 bridgehead atoms. The molecule has 0 heterocycles. The molecule has 10 atom stereocenters. The topological polar surface area (TPSA) is 202 Å². The van der Waals surface area contributed by atoms with Crippen LogP contribution in [0, 0.1) is 0 Å². The molecule has 10 unspecified atom stereocenters. The van der Waals surface area contributed by atoms with E-state index in [1.165, 1.54) is 28.8 Å². The third-order valence-electron chi connectivity index (χ3n) is 13.1. The Balaban J connectivity index is -0.000000439. The normalized spacial score (nSPS) is 14.1.